The lowest BCUT2D eigenvalue weighted by atomic mass is 9.84. The summed E-state index contributed by atoms with van der Waals surface area (Å²) in [6.45, 7) is 7.36. The molecule has 0 aliphatic carbocycles. The minimum absolute atomic E-state index is 0.233. The summed E-state index contributed by atoms with van der Waals surface area (Å²) in [4.78, 5) is 25.2. The average molecular weight is 270 g/mol. The van der Waals surface area contributed by atoms with E-state index in [1.807, 2.05) is 13.0 Å². The van der Waals surface area contributed by atoms with Gasteiger partial charge in [0.2, 0.25) is 0 Å². The highest BCUT2D eigenvalue weighted by molar-refractivity contribution is 7.10. The molecule has 0 saturated carbocycles. The molecule has 1 rings (SSSR count). The molecular formula is C13H18O4S. The molecule has 0 atom stereocenters. The molecule has 5 heteroatoms. The molecule has 1 aromatic rings. The van der Waals surface area contributed by atoms with Crippen LogP contribution < -0.4 is 0 Å². The zero-order valence-electron chi connectivity index (χ0n) is 11.1. The molecule has 4 nitrogen and oxygen atoms in total. The fourth-order valence-corrected chi connectivity index (χ4v) is 2.39. The Balaban J connectivity index is 3.16. The van der Waals surface area contributed by atoms with Gasteiger partial charge in [0, 0.05) is 4.88 Å². The molecule has 0 aliphatic heterocycles. The summed E-state index contributed by atoms with van der Waals surface area (Å²) in [5.41, 5.74) is -0.751. The van der Waals surface area contributed by atoms with Crippen LogP contribution in [-0.2, 0) is 24.5 Å². The third-order valence-electron chi connectivity index (χ3n) is 2.68. The molecule has 0 aromatic carbocycles. The van der Waals surface area contributed by atoms with Gasteiger partial charge in [0.25, 0.3) is 0 Å². The predicted octanol–water partition coefficient (Wildman–Crippen LogP) is 2.44. The third-order valence-corrected chi connectivity index (χ3v) is 3.54. The number of rotatable bonds is 5. The summed E-state index contributed by atoms with van der Waals surface area (Å²) in [6.07, 6.45) is 0. The summed E-state index contributed by atoms with van der Waals surface area (Å²) in [5, 5.41) is 1.79. The fourth-order valence-electron chi connectivity index (χ4n) is 1.58. The first-order valence-electron chi connectivity index (χ1n) is 5.86. The zero-order chi connectivity index (χ0) is 13.8. The minimum atomic E-state index is -1.38. The lowest BCUT2D eigenvalue weighted by molar-refractivity contribution is -0.163. The highest BCUT2D eigenvalue weighted by Gasteiger charge is 2.46. The molecule has 0 aliphatic rings. The van der Waals surface area contributed by atoms with Crippen LogP contribution in [0.25, 0.3) is 0 Å². The van der Waals surface area contributed by atoms with Crippen LogP contribution in [0.1, 0.15) is 31.2 Å². The molecule has 0 unspecified atom stereocenters. The molecule has 0 spiro atoms. The van der Waals surface area contributed by atoms with E-state index in [1.54, 1.807) is 26.2 Å². The maximum Gasteiger partial charge on any atom is 0.327 e. The van der Waals surface area contributed by atoms with E-state index in [-0.39, 0.29) is 13.2 Å². The Hall–Kier alpha value is -1.36. The van der Waals surface area contributed by atoms with Crippen LogP contribution in [0.2, 0.25) is 0 Å². The molecule has 0 amide bonds. The number of hydrogen-bond donors (Lipinski definition) is 0. The summed E-state index contributed by atoms with van der Waals surface area (Å²) < 4.78 is 10.0. The van der Waals surface area contributed by atoms with Gasteiger partial charge in [-0.05, 0) is 44.7 Å². The lowest BCUT2D eigenvalue weighted by Gasteiger charge is -2.24. The third kappa shape index (κ3) is 2.72. The van der Waals surface area contributed by atoms with Crippen LogP contribution in [0, 0.1) is 6.92 Å². The minimum Gasteiger partial charge on any atom is -0.465 e. The Kier molecular flexibility index (Phi) is 4.90. The van der Waals surface area contributed by atoms with Gasteiger partial charge in [-0.1, -0.05) is 0 Å². The van der Waals surface area contributed by atoms with Crippen molar-refractivity contribution >= 4 is 23.3 Å². The van der Waals surface area contributed by atoms with E-state index in [0.29, 0.717) is 5.56 Å². The summed E-state index contributed by atoms with van der Waals surface area (Å²) in [6, 6.07) is 1.82. The molecule has 0 saturated heterocycles. The van der Waals surface area contributed by atoms with E-state index < -0.39 is 17.4 Å². The van der Waals surface area contributed by atoms with Gasteiger partial charge in [-0.25, -0.2) is 0 Å². The number of esters is 2. The molecule has 0 fully saturated rings. The van der Waals surface area contributed by atoms with Gasteiger partial charge in [0.1, 0.15) is 0 Å². The van der Waals surface area contributed by atoms with Crippen LogP contribution in [0.5, 0.6) is 0 Å². The second-order valence-corrected chi connectivity index (χ2v) is 5.13. The Morgan fingerprint density at radius 3 is 2.06 bits per heavy atom. The number of hydrogen-bond acceptors (Lipinski definition) is 5. The van der Waals surface area contributed by atoms with E-state index in [1.165, 1.54) is 11.3 Å². The van der Waals surface area contributed by atoms with Crippen LogP contribution >= 0.6 is 11.3 Å². The molecule has 18 heavy (non-hydrogen) atoms. The maximum absolute atomic E-state index is 12.1. The first-order valence-corrected chi connectivity index (χ1v) is 6.74. The van der Waals surface area contributed by atoms with Crippen LogP contribution in [-0.4, -0.2) is 25.2 Å². The number of carbonyl (C=O) groups is 2. The summed E-state index contributed by atoms with van der Waals surface area (Å²) in [7, 11) is 0. The predicted molar refractivity (Wildman–Crippen MR) is 69.7 cm³/mol. The first-order chi connectivity index (χ1) is 8.46. The van der Waals surface area contributed by atoms with Crippen molar-refractivity contribution in [2.75, 3.05) is 13.2 Å². The van der Waals surface area contributed by atoms with Gasteiger partial charge in [-0.2, -0.15) is 0 Å². The van der Waals surface area contributed by atoms with Crippen molar-refractivity contribution in [3.05, 3.63) is 21.9 Å². The van der Waals surface area contributed by atoms with Crippen LogP contribution in [0.15, 0.2) is 11.4 Å². The molecule has 0 bridgehead atoms. The normalized spacial score (nSPS) is 11.1. The van der Waals surface area contributed by atoms with Crippen molar-refractivity contribution in [3.63, 3.8) is 0 Å². The van der Waals surface area contributed by atoms with E-state index in [9.17, 15) is 9.59 Å². The molecule has 1 aromatic heterocycles. The zero-order valence-corrected chi connectivity index (χ0v) is 11.9. The molecular weight excluding hydrogens is 252 g/mol. The molecule has 0 radical (unpaired) electrons. The van der Waals surface area contributed by atoms with E-state index in [2.05, 4.69) is 0 Å². The van der Waals surface area contributed by atoms with Crippen molar-refractivity contribution in [2.24, 2.45) is 0 Å². The number of thiophene rings is 1. The van der Waals surface area contributed by atoms with Crippen molar-refractivity contribution in [1.29, 1.82) is 0 Å². The monoisotopic (exact) mass is 270 g/mol. The van der Waals surface area contributed by atoms with Crippen molar-refractivity contribution < 1.29 is 19.1 Å². The Morgan fingerprint density at radius 1 is 1.22 bits per heavy atom. The largest absolute Gasteiger partial charge is 0.465 e. The Morgan fingerprint density at radius 2 is 1.72 bits per heavy atom. The number of carbonyl (C=O) groups excluding carboxylic acids is 2. The van der Waals surface area contributed by atoms with Gasteiger partial charge >= 0.3 is 11.9 Å². The fraction of sp³-hybridized carbons (Fsp3) is 0.538. The number of aryl methyl sites for hydroxylation is 1. The van der Waals surface area contributed by atoms with Crippen molar-refractivity contribution in [2.45, 2.75) is 33.1 Å². The maximum atomic E-state index is 12.1. The number of ether oxygens (including phenoxy) is 2. The first kappa shape index (κ1) is 14.7. The van der Waals surface area contributed by atoms with E-state index in [0.717, 1.165) is 4.88 Å². The lowest BCUT2D eigenvalue weighted by Crippen LogP contribution is -2.43. The van der Waals surface area contributed by atoms with E-state index in [4.69, 9.17) is 9.47 Å². The summed E-state index contributed by atoms with van der Waals surface area (Å²) in [5.74, 6) is -1.14. The van der Waals surface area contributed by atoms with Gasteiger partial charge < -0.3 is 9.47 Å². The molecule has 1 heterocycles. The van der Waals surface area contributed by atoms with Crippen LogP contribution in [0.3, 0.4) is 0 Å². The Labute approximate surface area is 111 Å². The SMILES string of the molecule is CCOC(=O)C(C)(C(=O)OCC)c1csc(C)c1. The van der Waals surface area contributed by atoms with Gasteiger partial charge in [0.05, 0.1) is 13.2 Å². The van der Waals surface area contributed by atoms with Crippen molar-refractivity contribution in [3.8, 4) is 0 Å². The topological polar surface area (TPSA) is 52.6 Å². The van der Waals surface area contributed by atoms with Gasteiger partial charge in [-0.3, -0.25) is 9.59 Å². The van der Waals surface area contributed by atoms with Crippen LogP contribution in [0.4, 0.5) is 0 Å². The standard InChI is InChI=1S/C13H18O4S/c1-5-16-11(14)13(4,12(15)17-6-2)10-7-9(3)18-8-10/h7-8H,5-6H2,1-4H3. The van der Waals surface area contributed by atoms with E-state index >= 15 is 0 Å². The average Bonchev–Trinajstić information content (AvgIpc) is 2.75. The van der Waals surface area contributed by atoms with Gasteiger partial charge in [0.15, 0.2) is 5.41 Å². The quantitative estimate of drug-likeness (QED) is 0.609. The highest BCUT2D eigenvalue weighted by atomic mass is 32.1. The Bertz CT molecular complexity index is 418. The molecule has 0 N–H and O–H groups in total. The van der Waals surface area contributed by atoms with Gasteiger partial charge in [-0.15, -0.1) is 11.3 Å². The second kappa shape index (κ2) is 6.00. The van der Waals surface area contributed by atoms with Crippen molar-refractivity contribution in [1.82, 2.24) is 0 Å². The highest BCUT2D eigenvalue weighted by Crippen LogP contribution is 2.31. The smallest absolute Gasteiger partial charge is 0.327 e. The summed E-state index contributed by atoms with van der Waals surface area (Å²) >= 11 is 1.49. The molecule has 100 valence electrons. The second-order valence-electron chi connectivity index (χ2n) is 4.01.